The molecular weight excluding hydrogens is 302 g/mol. The minimum atomic E-state index is -0.746. The third kappa shape index (κ3) is 3.78. The predicted molar refractivity (Wildman–Crippen MR) is 93.8 cm³/mol. The van der Waals surface area contributed by atoms with Gasteiger partial charge in [0.15, 0.2) is 0 Å². The summed E-state index contributed by atoms with van der Waals surface area (Å²) < 4.78 is 0. The topological polar surface area (TPSA) is 63.9 Å². The molecule has 1 saturated heterocycles. The van der Waals surface area contributed by atoms with Crippen LogP contribution in [0.2, 0.25) is 0 Å². The number of likely N-dealkylation sites (tertiary alicyclic amines) is 1. The molecule has 128 valence electrons. The summed E-state index contributed by atoms with van der Waals surface area (Å²) in [6.07, 6.45) is 0.686. The second-order valence-corrected chi connectivity index (χ2v) is 6.88. The molecule has 0 aliphatic carbocycles. The number of β-amino-alcohol motifs (C(OH)–C–C–N with tert-alkyl or cyclic N) is 1. The van der Waals surface area contributed by atoms with E-state index in [4.69, 9.17) is 0 Å². The average molecular weight is 327 g/mol. The lowest BCUT2D eigenvalue weighted by Crippen LogP contribution is -2.41. The molecule has 0 saturated carbocycles. The van der Waals surface area contributed by atoms with Crippen molar-refractivity contribution in [3.8, 4) is 5.75 Å². The molecule has 24 heavy (non-hydrogen) atoms. The van der Waals surface area contributed by atoms with Crippen LogP contribution in [0, 0.1) is 0 Å². The molecule has 0 spiro atoms. The van der Waals surface area contributed by atoms with Crippen LogP contribution in [-0.2, 0) is 6.42 Å². The van der Waals surface area contributed by atoms with Crippen molar-refractivity contribution >= 4 is 0 Å². The van der Waals surface area contributed by atoms with Gasteiger partial charge in [0.25, 0.3) is 0 Å². The van der Waals surface area contributed by atoms with Crippen LogP contribution in [0.1, 0.15) is 30.6 Å². The molecule has 3 rings (SSSR count). The molecule has 0 bridgehead atoms. The molecule has 2 aromatic rings. The molecule has 1 aliphatic rings. The van der Waals surface area contributed by atoms with E-state index >= 15 is 0 Å². The van der Waals surface area contributed by atoms with Crippen LogP contribution in [0.4, 0.5) is 0 Å². The van der Waals surface area contributed by atoms with Crippen LogP contribution >= 0.6 is 0 Å². The maximum atomic E-state index is 10.9. The Labute approximate surface area is 143 Å². The Hall–Kier alpha value is -1.88. The van der Waals surface area contributed by atoms with E-state index in [1.54, 1.807) is 24.3 Å². The number of hydrogen-bond acceptors (Lipinski definition) is 4. The van der Waals surface area contributed by atoms with Crippen LogP contribution in [-0.4, -0.2) is 45.0 Å². The summed E-state index contributed by atoms with van der Waals surface area (Å²) in [6.45, 7) is 3.30. The number of aliphatic hydroxyl groups is 2. The van der Waals surface area contributed by atoms with Crippen molar-refractivity contribution in [2.45, 2.75) is 37.5 Å². The van der Waals surface area contributed by atoms with Gasteiger partial charge in [-0.2, -0.15) is 0 Å². The molecule has 3 unspecified atom stereocenters. The highest BCUT2D eigenvalue weighted by atomic mass is 16.3. The largest absolute Gasteiger partial charge is 0.508 e. The molecule has 1 heterocycles. The Morgan fingerprint density at radius 2 is 1.75 bits per heavy atom. The van der Waals surface area contributed by atoms with Crippen LogP contribution in [0.5, 0.6) is 5.75 Å². The number of rotatable bonds is 5. The molecule has 0 radical (unpaired) electrons. The number of phenols is 1. The van der Waals surface area contributed by atoms with Crippen LogP contribution in [0.15, 0.2) is 54.6 Å². The second kappa shape index (κ2) is 6.93. The van der Waals surface area contributed by atoms with E-state index in [1.165, 1.54) is 0 Å². The van der Waals surface area contributed by atoms with Gasteiger partial charge in [0.2, 0.25) is 0 Å². The number of phenolic OH excluding ortho intramolecular Hbond substituents is 1. The smallest absolute Gasteiger partial charge is 0.115 e. The van der Waals surface area contributed by atoms with E-state index in [9.17, 15) is 15.3 Å². The third-order valence-electron chi connectivity index (χ3n) is 5.01. The summed E-state index contributed by atoms with van der Waals surface area (Å²) in [6, 6.07) is 16.6. The number of benzene rings is 2. The Morgan fingerprint density at radius 1 is 1.08 bits per heavy atom. The van der Waals surface area contributed by atoms with Crippen molar-refractivity contribution in [3.63, 3.8) is 0 Å². The van der Waals surface area contributed by atoms with Gasteiger partial charge in [0, 0.05) is 25.6 Å². The number of nitrogens with zero attached hydrogens (tertiary/aromatic N) is 1. The zero-order valence-electron chi connectivity index (χ0n) is 14.0. The molecule has 3 N–H and O–H groups in total. The normalized spacial score (nSPS) is 24.0. The molecule has 0 amide bonds. The first-order chi connectivity index (χ1) is 11.5. The number of hydrogen-bond donors (Lipinski definition) is 3. The fraction of sp³-hybridized carbons (Fsp3) is 0.400. The van der Waals surface area contributed by atoms with Gasteiger partial charge in [-0.05, 0) is 36.6 Å². The van der Waals surface area contributed by atoms with Gasteiger partial charge in [-0.3, -0.25) is 4.90 Å². The summed E-state index contributed by atoms with van der Waals surface area (Å²) in [7, 11) is 0. The van der Waals surface area contributed by atoms with Gasteiger partial charge >= 0.3 is 0 Å². The third-order valence-corrected chi connectivity index (χ3v) is 5.01. The second-order valence-electron chi connectivity index (χ2n) is 6.88. The fourth-order valence-electron chi connectivity index (χ4n) is 3.51. The van der Waals surface area contributed by atoms with Gasteiger partial charge in [-0.25, -0.2) is 0 Å². The standard InChI is InChI=1S/C20H25NO3/c1-15(19(23)17-7-9-18(22)10-8-17)21-12-11-20(24,14-21)13-16-5-3-2-4-6-16/h2-10,15,19,22-24H,11-14H2,1H3. The monoisotopic (exact) mass is 327 g/mol. The van der Waals surface area contributed by atoms with Gasteiger partial charge in [-0.15, -0.1) is 0 Å². The molecule has 4 heteroatoms. The van der Waals surface area contributed by atoms with Crippen LogP contribution in [0.3, 0.4) is 0 Å². The first kappa shape index (κ1) is 17.0. The van der Waals surface area contributed by atoms with Gasteiger partial charge in [0.05, 0.1) is 11.7 Å². The molecule has 4 nitrogen and oxygen atoms in total. The summed E-state index contributed by atoms with van der Waals surface area (Å²) in [5.74, 6) is 0.192. The van der Waals surface area contributed by atoms with E-state index in [1.807, 2.05) is 37.3 Å². The molecule has 2 aromatic carbocycles. The summed E-state index contributed by atoms with van der Waals surface area (Å²) in [4.78, 5) is 2.14. The maximum absolute atomic E-state index is 10.9. The van der Waals surface area contributed by atoms with E-state index in [0.717, 1.165) is 17.7 Å². The maximum Gasteiger partial charge on any atom is 0.115 e. The van der Waals surface area contributed by atoms with Crippen molar-refractivity contribution in [1.82, 2.24) is 4.90 Å². The van der Waals surface area contributed by atoms with Crippen molar-refractivity contribution < 1.29 is 15.3 Å². The van der Waals surface area contributed by atoms with E-state index in [2.05, 4.69) is 4.90 Å². The molecule has 0 aromatic heterocycles. The molecule has 1 aliphatic heterocycles. The lowest BCUT2D eigenvalue weighted by Gasteiger charge is -2.30. The lowest BCUT2D eigenvalue weighted by molar-refractivity contribution is 0.0241. The van der Waals surface area contributed by atoms with Crippen LogP contribution in [0.25, 0.3) is 0 Å². The van der Waals surface area contributed by atoms with E-state index < -0.39 is 11.7 Å². The van der Waals surface area contributed by atoms with Crippen molar-refractivity contribution in [1.29, 1.82) is 0 Å². The Bertz CT molecular complexity index is 658. The summed E-state index contributed by atoms with van der Waals surface area (Å²) in [5.41, 5.74) is 1.16. The van der Waals surface area contributed by atoms with Gasteiger partial charge in [0.1, 0.15) is 5.75 Å². The SMILES string of the molecule is CC(C(O)c1ccc(O)cc1)N1CCC(O)(Cc2ccccc2)C1. The zero-order chi connectivity index (χ0) is 17.2. The van der Waals surface area contributed by atoms with Crippen LogP contribution < -0.4 is 0 Å². The lowest BCUT2D eigenvalue weighted by atomic mass is 9.94. The predicted octanol–water partition coefficient (Wildman–Crippen LogP) is 2.49. The van der Waals surface area contributed by atoms with Crippen molar-refractivity contribution in [2.75, 3.05) is 13.1 Å². The number of aliphatic hydroxyl groups excluding tert-OH is 1. The first-order valence-corrected chi connectivity index (χ1v) is 8.44. The van der Waals surface area contributed by atoms with Crippen molar-refractivity contribution in [2.24, 2.45) is 0 Å². The molecular formula is C20H25NO3. The Kier molecular flexibility index (Phi) is 4.90. The zero-order valence-corrected chi connectivity index (χ0v) is 14.0. The first-order valence-electron chi connectivity index (χ1n) is 8.44. The highest BCUT2D eigenvalue weighted by Crippen LogP contribution is 2.31. The van der Waals surface area contributed by atoms with Gasteiger partial charge in [-0.1, -0.05) is 42.5 Å². The molecule has 1 fully saturated rings. The fourth-order valence-corrected chi connectivity index (χ4v) is 3.51. The minimum absolute atomic E-state index is 0.0978. The van der Waals surface area contributed by atoms with Crippen molar-refractivity contribution in [3.05, 3.63) is 65.7 Å². The summed E-state index contributed by atoms with van der Waals surface area (Å²) >= 11 is 0. The Morgan fingerprint density at radius 3 is 2.42 bits per heavy atom. The average Bonchev–Trinajstić information content (AvgIpc) is 2.97. The van der Waals surface area contributed by atoms with E-state index in [0.29, 0.717) is 19.4 Å². The quantitative estimate of drug-likeness (QED) is 0.789. The minimum Gasteiger partial charge on any atom is -0.508 e. The van der Waals surface area contributed by atoms with Gasteiger partial charge < -0.3 is 15.3 Å². The summed E-state index contributed by atoms with van der Waals surface area (Å²) in [5, 5.41) is 30.9. The highest BCUT2D eigenvalue weighted by molar-refractivity contribution is 5.28. The highest BCUT2D eigenvalue weighted by Gasteiger charge is 2.39. The Balaban J connectivity index is 1.64. The molecule has 3 atom stereocenters. The number of aromatic hydroxyl groups is 1. The van der Waals surface area contributed by atoms with E-state index in [-0.39, 0.29) is 11.8 Å².